The van der Waals surface area contributed by atoms with Crippen LogP contribution in [0.1, 0.15) is 229 Å². The van der Waals surface area contributed by atoms with Crippen LogP contribution in [0.25, 0.3) is 22.1 Å². The summed E-state index contributed by atoms with van der Waals surface area (Å²) >= 11 is 0. The number of ether oxygens (including phenoxy) is 2. The van der Waals surface area contributed by atoms with Gasteiger partial charge in [-0.15, -0.1) is 0 Å². The van der Waals surface area contributed by atoms with Gasteiger partial charge in [-0.1, -0.05) is 99.0 Å². The van der Waals surface area contributed by atoms with Gasteiger partial charge in [0.05, 0.1) is 23.8 Å². The number of Topliss-reactive ketones (excluding diaryl/α,β-unsaturated/α-hetero) is 2. The summed E-state index contributed by atoms with van der Waals surface area (Å²) in [6.07, 6.45) is 14.6. The summed E-state index contributed by atoms with van der Waals surface area (Å²) in [4.78, 5) is 72.1. The highest BCUT2D eigenvalue weighted by Crippen LogP contribution is 2.48. The molecule has 1 aliphatic carbocycles. The Hall–Kier alpha value is -4.86. The van der Waals surface area contributed by atoms with Crippen LogP contribution in [0, 0.1) is 31.6 Å². The topological polar surface area (TPSA) is 144 Å². The molecule has 3 aromatic rings. The number of aromatic nitrogens is 4. The third-order valence-corrected chi connectivity index (χ3v) is 14.9. The first-order valence-corrected chi connectivity index (χ1v) is 24.7. The van der Waals surface area contributed by atoms with Gasteiger partial charge < -0.3 is 19.4 Å². The monoisotopic (exact) mass is 889 g/mol. The molecule has 0 aromatic carbocycles. The number of hydrogen-bond donors (Lipinski definition) is 2. The zero-order valence-electron chi connectivity index (χ0n) is 41.5. The van der Waals surface area contributed by atoms with E-state index in [1.807, 2.05) is 38.1 Å². The first kappa shape index (κ1) is 49.6. The Kier molecular flexibility index (Phi) is 16.5. The number of nitrogens with zero attached hydrogens (tertiary/aromatic N) is 2. The molecule has 3 aliphatic rings. The zero-order chi connectivity index (χ0) is 47.3. The van der Waals surface area contributed by atoms with Crippen molar-refractivity contribution in [2.24, 2.45) is 17.8 Å². The number of nitrogens with one attached hydrogen (secondary N) is 2. The van der Waals surface area contributed by atoms with Gasteiger partial charge >= 0.3 is 11.9 Å². The van der Waals surface area contributed by atoms with E-state index >= 15 is 0 Å². The number of aryl methyl sites for hydroxylation is 2. The van der Waals surface area contributed by atoms with Crippen molar-refractivity contribution in [2.45, 2.75) is 183 Å². The smallest absolute Gasteiger partial charge is 0.321 e. The minimum atomic E-state index is -1.21. The molecule has 10 nitrogen and oxygen atoms in total. The van der Waals surface area contributed by atoms with Crippen LogP contribution in [-0.4, -0.2) is 57.2 Å². The molecular weight excluding hydrogens is 813 g/mol. The van der Waals surface area contributed by atoms with E-state index in [9.17, 15) is 19.2 Å². The highest BCUT2D eigenvalue weighted by molar-refractivity contribution is 6.23. The molecule has 352 valence electrons. The molecule has 2 unspecified atom stereocenters. The van der Waals surface area contributed by atoms with Crippen LogP contribution in [0.5, 0.6) is 0 Å². The molecule has 0 fully saturated rings. The Morgan fingerprint density at radius 3 is 2.02 bits per heavy atom. The summed E-state index contributed by atoms with van der Waals surface area (Å²) in [5.74, 6) is -0.573. The fourth-order valence-corrected chi connectivity index (χ4v) is 10.8. The number of H-pyrrole nitrogens is 2. The largest absolute Gasteiger partial charge is 0.468 e. The van der Waals surface area contributed by atoms with E-state index in [0.717, 1.165) is 70.3 Å². The van der Waals surface area contributed by atoms with Crippen molar-refractivity contribution in [3.8, 4) is 0 Å². The number of hydrogen-bond acceptors (Lipinski definition) is 8. The normalized spacial score (nSPS) is 20.4. The van der Waals surface area contributed by atoms with Gasteiger partial charge in [0.15, 0.2) is 11.6 Å². The summed E-state index contributed by atoms with van der Waals surface area (Å²) in [6, 6.07) is 5.99. The second kappa shape index (κ2) is 21.6. The predicted octanol–water partition coefficient (Wildman–Crippen LogP) is 13.5. The second-order valence-electron chi connectivity index (χ2n) is 20.3. The minimum absolute atomic E-state index is 0.0532. The number of carbonyl (C=O) groups is 4. The lowest BCUT2D eigenvalue weighted by Gasteiger charge is -2.18. The van der Waals surface area contributed by atoms with Crippen molar-refractivity contribution in [3.63, 3.8) is 0 Å². The predicted molar refractivity (Wildman–Crippen MR) is 261 cm³/mol. The van der Waals surface area contributed by atoms with Gasteiger partial charge in [0, 0.05) is 74.9 Å². The molecule has 0 spiro atoms. The number of ketones is 2. The first-order valence-electron chi connectivity index (χ1n) is 24.7. The van der Waals surface area contributed by atoms with E-state index in [-0.39, 0.29) is 54.2 Å². The molecule has 2 aliphatic heterocycles. The van der Waals surface area contributed by atoms with Crippen LogP contribution in [-0.2, 0) is 19.1 Å². The molecule has 8 bridgehead atoms. The molecule has 2 N–H and O–H groups in total. The highest BCUT2D eigenvalue weighted by atomic mass is 16.5. The van der Waals surface area contributed by atoms with Crippen LogP contribution in [0.3, 0.4) is 0 Å². The van der Waals surface area contributed by atoms with Gasteiger partial charge in [-0.3, -0.25) is 29.1 Å². The Morgan fingerprint density at radius 2 is 1.37 bits per heavy atom. The molecule has 6 rings (SSSR count). The van der Waals surface area contributed by atoms with Gasteiger partial charge in [0.2, 0.25) is 0 Å². The number of allylic oxidation sites excluding steroid dienone is 1. The number of rotatable bonds is 20. The highest BCUT2D eigenvalue weighted by Gasteiger charge is 2.45. The lowest BCUT2D eigenvalue weighted by atomic mass is 9.84. The number of aromatic amines is 2. The summed E-state index contributed by atoms with van der Waals surface area (Å²) in [6.45, 7) is 23.5. The van der Waals surface area contributed by atoms with Gasteiger partial charge in [-0.05, 0) is 107 Å². The number of carbonyl (C=O) groups excluding carboxylic acids is 4. The Labute approximate surface area is 387 Å². The van der Waals surface area contributed by atoms with Crippen LogP contribution in [0.2, 0.25) is 0 Å². The van der Waals surface area contributed by atoms with Crippen molar-refractivity contribution >= 4 is 45.6 Å². The van der Waals surface area contributed by atoms with E-state index in [1.54, 1.807) is 6.92 Å². The molecule has 0 radical (unpaired) electrons. The second-order valence-corrected chi connectivity index (χ2v) is 20.3. The van der Waals surface area contributed by atoms with Crippen LogP contribution in [0.15, 0.2) is 29.8 Å². The maximum Gasteiger partial charge on any atom is 0.321 e. The SMILES string of the molecule is CCC1c2cc3[nH]c4c(c3C)C(=O)[C@H](C(=O)OC)c4c3nc(cc4[nH]c(cc(n2)C1C)c(C(C)=O)c4C)[C@@H](C)[C@@H]3CCC(=O)OC/C=C(\C)CCC[C@H](C)CCC[C@H](C)CCCC(C)C. The third-order valence-electron chi connectivity index (χ3n) is 14.9. The van der Waals surface area contributed by atoms with Crippen LogP contribution < -0.4 is 0 Å². The Bertz CT molecular complexity index is 2450. The Balaban J connectivity index is 1.25. The van der Waals surface area contributed by atoms with Crippen molar-refractivity contribution in [1.29, 1.82) is 0 Å². The molecule has 0 saturated carbocycles. The summed E-state index contributed by atoms with van der Waals surface area (Å²) in [5.41, 5.74) is 10.1. The molecular formula is C55H76N4O6. The Morgan fingerprint density at radius 1 is 0.769 bits per heavy atom. The van der Waals surface area contributed by atoms with Crippen molar-refractivity contribution in [1.82, 2.24) is 19.9 Å². The van der Waals surface area contributed by atoms with Crippen LogP contribution >= 0.6 is 0 Å². The zero-order valence-corrected chi connectivity index (χ0v) is 41.5. The van der Waals surface area contributed by atoms with Crippen molar-refractivity contribution in [3.05, 3.63) is 80.4 Å². The maximum absolute atomic E-state index is 14.4. The fourth-order valence-electron chi connectivity index (χ4n) is 10.8. The van der Waals surface area contributed by atoms with Gasteiger partial charge in [-0.2, -0.15) is 0 Å². The van der Waals surface area contributed by atoms with Crippen molar-refractivity contribution in [2.75, 3.05) is 13.7 Å². The number of esters is 2. The standard InChI is InChI=1S/C55H76N4O6/c1-13-39-34(7)41-29-46-48(38(11)60)36(9)43(57-46)27-42-35(8)40(52(58-42)50-51(55(63)64-12)54(62)49-37(10)44(59-53(49)50)28-45(39)56-41)23-24-47(61)65-26-25-33(6)22-16-21-32(5)20-15-19-31(4)18-14-17-30(2)3/h25,27-32,34-35,39-40,51,57,59H,13-24,26H2,1-12H3/b33-25+,41-29?,42-27?,43-27?,44-28?,45-28?,46-29?,52-50?/t31-,32-,34?,35+,39?,40+,51-/m1/s1. The molecule has 7 atom stereocenters. The number of fused-ring (bicyclic) bond motifs is 8. The molecule has 3 aromatic heterocycles. The fraction of sp³-hybridized carbons (Fsp3) is 0.600. The molecule has 0 amide bonds. The molecule has 10 heteroatoms. The summed E-state index contributed by atoms with van der Waals surface area (Å²) in [5, 5.41) is 0. The van der Waals surface area contributed by atoms with E-state index < -0.39 is 11.9 Å². The van der Waals surface area contributed by atoms with E-state index in [4.69, 9.17) is 19.4 Å². The average Bonchev–Trinajstić information content (AvgIpc) is 4.00. The van der Waals surface area contributed by atoms with Gasteiger partial charge in [-0.25, -0.2) is 0 Å². The maximum atomic E-state index is 14.4. The first-order chi connectivity index (χ1) is 30.9. The molecule has 65 heavy (non-hydrogen) atoms. The quantitative estimate of drug-likeness (QED) is 0.0494. The molecule has 0 saturated heterocycles. The van der Waals surface area contributed by atoms with E-state index in [2.05, 4.69) is 65.4 Å². The number of methoxy groups -OCH3 is 1. The van der Waals surface area contributed by atoms with Gasteiger partial charge in [0.1, 0.15) is 12.5 Å². The molecule has 5 heterocycles. The lowest BCUT2D eigenvalue weighted by molar-refractivity contribution is -0.143. The third kappa shape index (κ3) is 11.1. The van der Waals surface area contributed by atoms with Gasteiger partial charge in [0.25, 0.3) is 0 Å². The minimum Gasteiger partial charge on any atom is -0.468 e. The van der Waals surface area contributed by atoms with E-state index in [1.165, 1.54) is 57.6 Å². The lowest BCUT2D eigenvalue weighted by Crippen LogP contribution is -2.21. The summed E-state index contributed by atoms with van der Waals surface area (Å²) in [7, 11) is 1.30. The van der Waals surface area contributed by atoms with Crippen molar-refractivity contribution < 1.29 is 28.7 Å². The average molecular weight is 889 g/mol. The van der Waals surface area contributed by atoms with E-state index in [0.29, 0.717) is 45.8 Å². The summed E-state index contributed by atoms with van der Waals surface area (Å²) < 4.78 is 11.1. The van der Waals surface area contributed by atoms with Crippen LogP contribution in [0.4, 0.5) is 0 Å².